The first-order valence-electron chi connectivity index (χ1n) is 8.49. The molecule has 0 spiro atoms. The van der Waals surface area contributed by atoms with Gasteiger partial charge in [0.05, 0.1) is 5.56 Å². The number of hydrogen-bond acceptors (Lipinski definition) is 5. The molecule has 146 valence electrons. The molecule has 28 heavy (non-hydrogen) atoms. The van der Waals surface area contributed by atoms with Crippen molar-refractivity contribution in [3.05, 3.63) is 77.4 Å². The number of hydrogen-bond donors (Lipinski definition) is 2. The van der Waals surface area contributed by atoms with E-state index in [1.165, 1.54) is 42.5 Å². The first-order valence-corrected chi connectivity index (χ1v) is 8.49. The summed E-state index contributed by atoms with van der Waals surface area (Å²) in [4.78, 5) is 46.5. The van der Waals surface area contributed by atoms with Crippen molar-refractivity contribution in [3.8, 4) is 0 Å². The highest BCUT2D eigenvalue weighted by Gasteiger charge is 2.30. The van der Waals surface area contributed by atoms with Gasteiger partial charge in [-0.1, -0.05) is 56.3 Å². The maximum absolute atomic E-state index is 12.3. The second-order valence-electron chi connectivity index (χ2n) is 5.21. The van der Waals surface area contributed by atoms with Gasteiger partial charge in [0.1, 0.15) is 0 Å². The molecular formula is C21H21NO6. The van der Waals surface area contributed by atoms with Gasteiger partial charge < -0.3 is 15.6 Å². The van der Waals surface area contributed by atoms with E-state index >= 15 is 0 Å². The topological polar surface area (TPSA) is 124 Å². The largest absolute Gasteiger partial charge is 0.478 e. The van der Waals surface area contributed by atoms with E-state index in [9.17, 15) is 19.2 Å². The van der Waals surface area contributed by atoms with E-state index in [2.05, 4.69) is 0 Å². The maximum atomic E-state index is 12.3. The van der Waals surface area contributed by atoms with Crippen LogP contribution in [0, 0.1) is 0 Å². The fourth-order valence-electron chi connectivity index (χ4n) is 2.07. The summed E-state index contributed by atoms with van der Waals surface area (Å²) >= 11 is 0. The summed E-state index contributed by atoms with van der Waals surface area (Å²) in [5.41, 5.74) is 6.02. The lowest BCUT2D eigenvalue weighted by molar-refractivity contribution is -0.131. The number of esters is 1. The molecule has 1 unspecified atom stereocenters. The lowest BCUT2D eigenvalue weighted by atomic mass is 10.1. The molecule has 2 rings (SSSR count). The maximum Gasteiger partial charge on any atom is 0.339 e. The number of aliphatic carboxylic acids is 1. The van der Waals surface area contributed by atoms with Crippen LogP contribution in [0.5, 0.6) is 0 Å². The number of primary amides is 1. The van der Waals surface area contributed by atoms with Gasteiger partial charge in [-0.3, -0.25) is 9.59 Å². The number of carbonyl (C=O) groups excluding carboxylic acids is 3. The average molecular weight is 383 g/mol. The zero-order valence-corrected chi connectivity index (χ0v) is 15.5. The molecule has 2 aromatic rings. The first kappa shape index (κ1) is 22.3. The Kier molecular flexibility index (Phi) is 8.82. The van der Waals surface area contributed by atoms with Gasteiger partial charge in [0.2, 0.25) is 11.9 Å². The van der Waals surface area contributed by atoms with E-state index in [-0.39, 0.29) is 11.1 Å². The van der Waals surface area contributed by atoms with Crippen molar-refractivity contribution in [2.75, 3.05) is 0 Å². The summed E-state index contributed by atoms with van der Waals surface area (Å²) in [5, 5.41) is 8.58. The van der Waals surface area contributed by atoms with Gasteiger partial charge in [-0.25, -0.2) is 9.59 Å². The molecule has 0 aliphatic heterocycles. The van der Waals surface area contributed by atoms with Crippen molar-refractivity contribution in [3.63, 3.8) is 0 Å². The van der Waals surface area contributed by atoms with Crippen LogP contribution in [0.25, 0.3) is 6.08 Å². The summed E-state index contributed by atoms with van der Waals surface area (Å²) in [6.45, 7) is 4.00. The Morgan fingerprint density at radius 1 is 0.929 bits per heavy atom. The first-order chi connectivity index (χ1) is 13.4. The lowest BCUT2D eigenvalue weighted by Crippen LogP contribution is -2.39. The fourth-order valence-corrected chi connectivity index (χ4v) is 2.07. The lowest BCUT2D eigenvalue weighted by Gasteiger charge is -2.14. The highest BCUT2D eigenvalue weighted by molar-refractivity contribution is 6.13. The van der Waals surface area contributed by atoms with Crippen molar-refractivity contribution in [2.45, 2.75) is 20.0 Å². The van der Waals surface area contributed by atoms with Gasteiger partial charge >= 0.3 is 11.9 Å². The number of carboxylic acids is 1. The van der Waals surface area contributed by atoms with E-state index < -0.39 is 29.7 Å². The van der Waals surface area contributed by atoms with Gasteiger partial charge in [-0.05, 0) is 23.8 Å². The fraction of sp³-hybridized carbons (Fsp3) is 0.143. The minimum absolute atomic E-state index is 0.0876. The van der Waals surface area contributed by atoms with Crippen LogP contribution in [0.1, 0.15) is 40.1 Å². The molecule has 0 aromatic heterocycles. The molecule has 0 fully saturated rings. The van der Waals surface area contributed by atoms with Gasteiger partial charge in [0.15, 0.2) is 0 Å². The second kappa shape index (κ2) is 11.1. The van der Waals surface area contributed by atoms with E-state index in [1.807, 2.05) is 13.8 Å². The highest BCUT2D eigenvalue weighted by Crippen LogP contribution is 2.12. The van der Waals surface area contributed by atoms with Crippen molar-refractivity contribution in [2.24, 2.45) is 5.73 Å². The third-order valence-electron chi connectivity index (χ3n) is 3.34. The average Bonchev–Trinajstić information content (AvgIpc) is 2.72. The molecule has 0 aliphatic rings. The Hall–Kier alpha value is -3.74. The summed E-state index contributed by atoms with van der Waals surface area (Å²) < 4.78 is 4.98. The standard InChI is InChI=1S/C19H15NO6.C2H6/c20-18(24)17(16(23)13-4-2-1-3-5-13)26-19(25)14-9-6-12(7-10-14)8-11-15(21)22;1-2/h1-11,17H,(H2,20,24)(H,21,22);1-2H3/b11-8+;. The summed E-state index contributed by atoms with van der Waals surface area (Å²) in [7, 11) is 0. The minimum atomic E-state index is -1.74. The van der Waals surface area contributed by atoms with Crippen LogP contribution in [-0.2, 0) is 14.3 Å². The van der Waals surface area contributed by atoms with Crippen molar-refractivity contribution in [1.29, 1.82) is 0 Å². The van der Waals surface area contributed by atoms with Gasteiger partial charge in [-0.2, -0.15) is 0 Å². The van der Waals surface area contributed by atoms with Crippen LogP contribution in [0.15, 0.2) is 60.7 Å². The molecule has 2 aromatic carbocycles. The smallest absolute Gasteiger partial charge is 0.339 e. The Labute approximate surface area is 162 Å². The minimum Gasteiger partial charge on any atom is -0.478 e. The van der Waals surface area contributed by atoms with Crippen molar-refractivity contribution >= 4 is 29.7 Å². The molecule has 7 heteroatoms. The number of nitrogens with two attached hydrogens (primary N) is 1. The van der Waals surface area contributed by atoms with Crippen LogP contribution < -0.4 is 5.73 Å². The molecule has 0 saturated heterocycles. The third-order valence-corrected chi connectivity index (χ3v) is 3.34. The Balaban J connectivity index is 0.00000190. The van der Waals surface area contributed by atoms with Crippen molar-refractivity contribution in [1.82, 2.24) is 0 Å². The number of benzene rings is 2. The summed E-state index contributed by atoms with van der Waals surface area (Å²) in [6, 6.07) is 13.6. The number of amides is 1. The molecule has 0 bridgehead atoms. The van der Waals surface area contributed by atoms with Gasteiger partial charge in [-0.15, -0.1) is 0 Å². The quantitative estimate of drug-likeness (QED) is 0.328. The zero-order valence-electron chi connectivity index (χ0n) is 15.5. The van der Waals surface area contributed by atoms with E-state index in [0.29, 0.717) is 5.56 Å². The predicted molar refractivity (Wildman–Crippen MR) is 104 cm³/mol. The molecule has 3 N–H and O–H groups in total. The molecule has 0 heterocycles. The SMILES string of the molecule is CC.NC(=O)C(OC(=O)c1ccc(/C=C/C(=O)O)cc1)C(=O)c1ccccc1. The van der Waals surface area contributed by atoms with Crippen LogP contribution in [0.4, 0.5) is 0 Å². The molecule has 0 saturated carbocycles. The highest BCUT2D eigenvalue weighted by atomic mass is 16.6. The zero-order chi connectivity index (χ0) is 21.1. The Morgan fingerprint density at radius 2 is 1.50 bits per heavy atom. The number of ether oxygens (including phenoxy) is 1. The van der Waals surface area contributed by atoms with Crippen LogP contribution in [0.2, 0.25) is 0 Å². The van der Waals surface area contributed by atoms with Crippen LogP contribution in [0.3, 0.4) is 0 Å². The number of Topliss-reactive ketones (excluding diaryl/α,β-unsaturated/α-hetero) is 1. The summed E-state index contributed by atoms with van der Waals surface area (Å²) in [5.74, 6) is -3.79. The normalized spacial score (nSPS) is 11.1. The molecular weight excluding hydrogens is 362 g/mol. The second-order valence-corrected chi connectivity index (χ2v) is 5.21. The molecule has 0 aliphatic carbocycles. The summed E-state index contributed by atoms with van der Waals surface area (Å²) in [6.07, 6.45) is 0.564. The monoisotopic (exact) mass is 383 g/mol. The molecule has 1 amide bonds. The Morgan fingerprint density at radius 3 is 2.00 bits per heavy atom. The van der Waals surface area contributed by atoms with Gasteiger partial charge in [0.25, 0.3) is 5.91 Å². The predicted octanol–water partition coefficient (Wildman–Crippen LogP) is 2.70. The van der Waals surface area contributed by atoms with Crippen molar-refractivity contribution < 1.29 is 29.0 Å². The number of carbonyl (C=O) groups is 4. The number of ketones is 1. The van der Waals surface area contributed by atoms with E-state index in [1.54, 1.807) is 18.2 Å². The molecule has 7 nitrogen and oxygen atoms in total. The van der Waals surface area contributed by atoms with Crippen LogP contribution >= 0.6 is 0 Å². The van der Waals surface area contributed by atoms with Gasteiger partial charge in [0, 0.05) is 11.6 Å². The third kappa shape index (κ3) is 6.53. The Bertz CT molecular complexity index is 856. The van der Waals surface area contributed by atoms with Crippen LogP contribution in [-0.4, -0.2) is 34.8 Å². The number of carboxylic acid groups (broad SMARTS) is 1. The number of rotatable bonds is 7. The molecule has 0 radical (unpaired) electrons. The van der Waals surface area contributed by atoms with E-state index in [4.69, 9.17) is 15.6 Å². The van der Waals surface area contributed by atoms with E-state index in [0.717, 1.165) is 6.08 Å². The molecule has 1 atom stereocenters.